The number of hydrogen-bond donors (Lipinski definition) is 0. The van der Waals surface area contributed by atoms with E-state index in [0.29, 0.717) is 5.75 Å². The van der Waals surface area contributed by atoms with Crippen molar-refractivity contribution in [2.24, 2.45) is 0 Å². The molecule has 6 heteroatoms. The largest absolute Gasteiger partial charge is 0.484 e. The van der Waals surface area contributed by atoms with E-state index in [1.165, 1.54) is 24.1 Å². The van der Waals surface area contributed by atoms with Crippen LogP contribution in [0, 0.1) is 5.82 Å². The van der Waals surface area contributed by atoms with E-state index in [0.717, 1.165) is 5.56 Å². The second-order valence-electron chi connectivity index (χ2n) is 5.37. The number of halogens is 1. The third kappa shape index (κ3) is 6.25. The van der Waals surface area contributed by atoms with Crippen molar-refractivity contribution >= 4 is 11.9 Å². The first-order valence-electron chi connectivity index (χ1n) is 7.85. The van der Waals surface area contributed by atoms with E-state index in [4.69, 9.17) is 4.74 Å². The van der Waals surface area contributed by atoms with Gasteiger partial charge in [-0.1, -0.05) is 30.3 Å². The van der Waals surface area contributed by atoms with Crippen LogP contribution < -0.4 is 4.74 Å². The van der Waals surface area contributed by atoms with Crippen LogP contribution in [0.4, 0.5) is 4.39 Å². The third-order valence-electron chi connectivity index (χ3n) is 3.56. The van der Waals surface area contributed by atoms with Crippen LogP contribution in [0.15, 0.2) is 54.6 Å². The number of ether oxygens (including phenoxy) is 2. The first-order chi connectivity index (χ1) is 12.1. The smallest absolute Gasteiger partial charge is 0.307 e. The Morgan fingerprint density at radius 2 is 1.72 bits per heavy atom. The van der Waals surface area contributed by atoms with Crippen molar-refractivity contribution < 1.29 is 23.5 Å². The van der Waals surface area contributed by atoms with Gasteiger partial charge >= 0.3 is 5.97 Å². The Morgan fingerprint density at radius 3 is 2.36 bits per heavy atom. The Labute approximate surface area is 146 Å². The number of amides is 1. The number of methoxy groups -OCH3 is 1. The molecule has 0 aromatic heterocycles. The highest BCUT2D eigenvalue weighted by atomic mass is 19.1. The normalized spacial score (nSPS) is 10.2. The topological polar surface area (TPSA) is 55.8 Å². The Hall–Kier alpha value is -2.89. The van der Waals surface area contributed by atoms with E-state index >= 15 is 0 Å². The van der Waals surface area contributed by atoms with Crippen molar-refractivity contribution in [1.29, 1.82) is 0 Å². The van der Waals surface area contributed by atoms with Crippen LogP contribution in [-0.2, 0) is 20.9 Å². The van der Waals surface area contributed by atoms with E-state index in [2.05, 4.69) is 4.74 Å². The molecule has 132 valence electrons. The maximum absolute atomic E-state index is 13.0. The van der Waals surface area contributed by atoms with E-state index < -0.39 is 5.97 Å². The molecule has 2 aromatic rings. The number of benzene rings is 2. The van der Waals surface area contributed by atoms with Crippen molar-refractivity contribution in [2.75, 3.05) is 20.3 Å². The number of rotatable bonds is 8. The molecule has 0 spiro atoms. The first-order valence-corrected chi connectivity index (χ1v) is 7.85. The zero-order valence-corrected chi connectivity index (χ0v) is 14.0. The lowest BCUT2D eigenvalue weighted by Crippen LogP contribution is -2.36. The zero-order chi connectivity index (χ0) is 18.1. The maximum Gasteiger partial charge on any atom is 0.307 e. The minimum Gasteiger partial charge on any atom is -0.484 e. The van der Waals surface area contributed by atoms with E-state index in [-0.39, 0.29) is 37.8 Å². The molecule has 0 aliphatic heterocycles. The number of carbonyl (C=O) groups excluding carboxylic acids is 2. The van der Waals surface area contributed by atoms with Gasteiger partial charge in [0.25, 0.3) is 5.91 Å². The highest BCUT2D eigenvalue weighted by Crippen LogP contribution is 2.11. The minimum absolute atomic E-state index is 0.0781. The summed E-state index contributed by atoms with van der Waals surface area (Å²) in [5, 5.41) is 0. The highest BCUT2D eigenvalue weighted by Gasteiger charge is 2.16. The quantitative estimate of drug-likeness (QED) is 0.691. The van der Waals surface area contributed by atoms with Gasteiger partial charge in [-0.3, -0.25) is 9.59 Å². The summed E-state index contributed by atoms with van der Waals surface area (Å²) in [6.07, 6.45) is 0.0781. The lowest BCUT2D eigenvalue weighted by Gasteiger charge is -2.22. The average molecular weight is 345 g/mol. The van der Waals surface area contributed by atoms with Gasteiger partial charge in [-0.2, -0.15) is 0 Å². The molecule has 0 saturated heterocycles. The SMILES string of the molecule is COC(=O)CCN(Cc1ccc(F)cc1)C(=O)COc1ccccc1. The molecule has 2 rings (SSSR count). The summed E-state index contributed by atoms with van der Waals surface area (Å²) < 4.78 is 23.1. The Morgan fingerprint density at radius 1 is 1.04 bits per heavy atom. The van der Waals surface area contributed by atoms with Crippen LogP contribution in [0.3, 0.4) is 0 Å². The van der Waals surface area contributed by atoms with Crippen molar-refractivity contribution in [3.8, 4) is 5.75 Å². The van der Waals surface area contributed by atoms with Gasteiger partial charge in [0.1, 0.15) is 11.6 Å². The second-order valence-corrected chi connectivity index (χ2v) is 5.37. The maximum atomic E-state index is 13.0. The van der Waals surface area contributed by atoms with E-state index in [9.17, 15) is 14.0 Å². The van der Waals surface area contributed by atoms with Crippen LogP contribution in [0.5, 0.6) is 5.75 Å². The summed E-state index contributed by atoms with van der Waals surface area (Å²) in [6, 6.07) is 14.9. The molecule has 0 saturated carbocycles. The number of nitrogens with zero attached hydrogens (tertiary/aromatic N) is 1. The Balaban J connectivity index is 1.99. The molecule has 0 heterocycles. The number of hydrogen-bond acceptors (Lipinski definition) is 4. The summed E-state index contributed by atoms with van der Waals surface area (Å²) >= 11 is 0. The van der Waals surface area contributed by atoms with Crippen molar-refractivity contribution in [3.05, 3.63) is 66.0 Å². The lowest BCUT2D eigenvalue weighted by molar-refractivity contribution is -0.142. The van der Waals surface area contributed by atoms with Crippen LogP contribution in [-0.4, -0.2) is 37.0 Å². The van der Waals surface area contributed by atoms with Crippen molar-refractivity contribution in [3.63, 3.8) is 0 Å². The molecule has 0 N–H and O–H groups in total. The third-order valence-corrected chi connectivity index (χ3v) is 3.56. The standard InChI is InChI=1S/C19H20FNO4/c1-24-19(23)11-12-21(13-15-7-9-16(20)10-8-15)18(22)14-25-17-5-3-2-4-6-17/h2-10H,11-14H2,1H3. The fourth-order valence-electron chi connectivity index (χ4n) is 2.18. The van der Waals surface area contributed by atoms with Crippen LogP contribution >= 0.6 is 0 Å². The van der Waals surface area contributed by atoms with E-state index in [1.807, 2.05) is 18.2 Å². The molecule has 1 amide bonds. The Bertz CT molecular complexity index is 688. The highest BCUT2D eigenvalue weighted by molar-refractivity contribution is 5.78. The van der Waals surface area contributed by atoms with Crippen LogP contribution in [0.2, 0.25) is 0 Å². The van der Waals surface area contributed by atoms with Gasteiger partial charge in [-0.25, -0.2) is 4.39 Å². The molecule has 2 aromatic carbocycles. The van der Waals surface area contributed by atoms with Gasteiger partial charge in [0.05, 0.1) is 13.5 Å². The Kier molecular flexibility index (Phi) is 6.95. The van der Waals surface area contributed by atoms with Gasteiger partial charge < -0.3 is 14.4 Å². The molecule has 0 aliphatic carbocycles. The molecule has 0 atom stereocenters. The van der Waals surface area contributed by atoms with Gasteiger partial charge in [0, 0.05) is 13.1 Å². The van der Waals surface area contributed by atoms with Crippen molar-refractivity contribution in [2.45, 2.75) is 13.0 Å². The van der Waals surface area contributed by atoms with E-state index in [1.54, 1.807) is 24.3 Å². The van der Waals surface area contributed by atoms with Gasteiger partial charge in [-0.15, -0.1) is 0 Å². The molecule has 5 nitrogen and oxygen atoms in total. The predicted octanol–water partition coefficient (Wildman–Crippen LogP) is 2.80. The molecular formula is C19H20FNO4. The van der Waals surface area contributed by atoms with Gasteiger partial charge in [0.15, 0.2) is 6.61 Å². The molecular weight excluding hydrogens is 325 g/mol. The number of para-hydroxylation sites is 1. The summed E-state index contributed by atoms with van der Waals surface area (Å²) in [7, 11) is 1.30. The summed E-state index contributed by atoms with van der Waals surface area (Å²) in [6.45, 7) is 0.307. The zero-order valence-electron chi connectivity index (χ0n) is 14.0. The molecule has 0 fully saturated rings. The molecule has 0 bridgehead atoms. The summed E-state index contributed by atoms with van der Waals surface area (Å²) in [4.78, 5) is 25.3. The summed E-state index contributed by atoms with van der Waals surface area (Å²) in [5.41, 5.74) is 0.763. The minimum atomic E-state index is -0.402. The predicted molar refractivity (Wildman–Crippen MR) is 90.4 cm³/mol. The lowest BCUT2D eigenvalue weighted by atomic mass is 10.2. The van der Waals surface area contributed by atoms with Gasteiger partial charge in [0.2, 0.25) is 0 Å². The monoisotopic (exact) mass is 345 g/mol. The second kappa shape index (κ2) is 9.42. The summed E-state index contributed by atoms with van der Waals surface area (Å²) in [5.74, 6) is -0.424. The molecule has 25 heavy (non-hydrogen) atoms. The van der Waals surface area contributed by atoms with Crippen LogP contribution in [0.1, 0.15) is 12.0 Å². The molecule has 0 unspecified atom stereocenters. The molecule has 0 aliphatic rings. The fourth-order valence-corrected chi connectivity index (χ4v) is 2.18. The number of carbonyl (C=O) groups is 2. The van der Waals surface area contributed by atoms with Crippen LogP contribution in [0.25, 0.3) is 0 Å². The first kappa shape index (κ1) is 18.4. The molecule has 0 radical (unpaired) electrons. The fraction of sp³-hybridized carbons (Fsp3) is 0.263. The van der Waals surface area contributed by atoms with Crippen molar-refractivity contribution in [1.82, 2.24) is 4.90 Å². The average Bonchev–Trinajstić information content (AvgIpc) is 2.65. The van der Waals surface area contributed by atoms with Gasteiger partial charge in [-0.05, 0) is 29.8 Å². The number of esters is 1.